The van der Waals surface area contributed by atoms with Crippen molar-refractivity contribution in [1.29, 1.82) is 0 Å². The van der Waals surface area contributed by atoms with E-state index in [1.807, 2.05) is 36.4 Å². The van der Waals surface area contributed by atoms with E-state index in [2.05, 4.69) is 27.7 Å². The molecule has 0 bridgehead atoms. The van der Waals surface area contributed by atoms with Crippen molar-refractivity contribution in [2.24, 2.45) is 10.8 Å². The molecule has 4 heteroatoms. The summed E-state index contributed by atoms with van der Waals surface area (Å²) in [5, 5.41) is 9.25. The van der Waals surface area contributed by atoms with Crippen molar-refractivity contribution in [1.82, 2.24) is 0 Å². The van der Waals surface area contributed by atoms with E-state index in [9.17, 15) is 14.3 Å². The second-order valence-corrected chi connectivity index (χ2v) is 10.2. The third-order valence-electron chi connectivity index (χ3n) is 5.90. The van der Waals surface area contributed by atoms with E-state index in [4.69, 9.17) is 4.74 Å². The van der Waals surface area contributed by atoms with Crippen molar-refractivity contribution in [3.63, 3.8) is 0 Å². The first-order valence-electron chi connectivity index (χ1n) is 11.0. The Morgan fingerprint density at radius 2 is 1.45 bits per heavy atom. The highest BCUT2D eigenvalue weighted by Crippen LogP contribution is 2.50. The van der Waals surface area contributed by atoms with Crippen LogP contribution < -0.4 is 4.74 Å². The summed E-state index contributed by atoms with van der Waals surface area (Å²) in [5.74, 6) is -0.682. The molecule has 3 rings (SSSR count). The van der Waals surface area contributed by atoms with Crippen LogP contribution in [0.4, 0.5) is 4.39 Å². The van der Waals surface area contributed by atoms with Gasteiger partial charge in [-0.1, -0.05) is 64.5 Å². The van der Waals surface area contributed by atoms with E-state index >= 15 is 0 Å². The normalized spacial score (nSPS) is 18.3. The molecule has 0 heterocycles. The molecule has 2 aromatic carbocycles. The van der Waals surface area contributed by atoms with Gasteiger partial charge in [-0.3, -0.25) is 0 Å². The lowest BCUT2D eigenvalue weighted by molar-refractivity contribution is -0.145. The molecule has 1 unspecified atom stereocenters. The van der Waals surface area contributed by atoms with Crippen molar-refractivity contribution in [2.75, 3.05) is 0 Å². The second-order valence-electron chi connectivity index (χ2n) is 10.2. The fourth-order valence-corrected chi connectivity index (χ4v) is 5.18. The molecule has 0 spiro atoms. The molecule has 1 fully saturated rings. The zero-order chi connectivity index (χ0) is 22.8. The minimum atomic E-state index is -0.965. The lowest BCUT2D eigenvalue weighted by Gasteiger charge is -2.43. The minimum Gasteiger partial charge on any atom is -0.479 e. The number of carboxylic acids is 1. The molecule has 31 heavy (non-hydrogen) atoms. The fraction of sp³-hybridized carbons (Fsp3) is 0.444. The molecule has 0 aliphatic heterocycles. The zero-order valence-electron chi connectivity index (χ0n) is 19.2. The number of rotatable bonds is 6. The monoisotopic (exact) mass is 424 g/mol. The molecule has 1 aliphatic rings. The molecule has 166 valence electrons. The van der Waals surface area contributed by atoms with Crippen molar-refractivity contribution >= 4 is 11.5 Å². The highest BCUT2D eigenvalue weighted by Gasteiger charge is 2.37. The Labute approximate surface area is 185 Å². The number of aliphatic carboxylic acids is 1. The number of allylic oxidation sites excluding steroid dienone is 1. The number of ether oxygens (including phenoxy) is 1. The molecule has 1 atom stereocenters. The van der Waals surface area contributed by atoms with Crippen molar-refractivity contribution < 1.29 is 19.0 Å². The van der Waals surface area contributed by atoms with Crippen LogP contribution in [-0.2, 0) is 4.79 Å². The van der Waals surface area contributed by atoms with Gasteiger partial charge in [0.15, 0.2) is 6.10 Å². The van der Waals surface area contributed by atoms with Gasteiger partial charge in [0, 0.05) is 0 Å². The molecule has 2 aromatic rings. The summed E-state index contributed by atoms with van der Waals surface area (Å²) in [5.41, 5.74) is 4.90. The van der Waals surface area contributed by atoms with Crippen molar-refractivity contribution in [3.05, 3.63) is 71.0 Å². The second kappa shape index (κ2) is 8.86. The first-order chi connectivity index (χ1) is 14.5. The lowest BCUT2D eigenvalue weighted by atomic mass is 9.62. The molecular formula is C27H33FO3. The average molecular weight is 425 g/mol. The van der Waals surface area contributed by atoms with Crippen LogP contribution in [0.25, 0.3) is 5.57 Å². The summed E-state index contributed by atoms with van der Waals surface area (Å²) < 4.78 is 19.3. The smallest absolute Gasteiger partial charge is 0.344 e. The number of carboxylic acid groups (broad SMARTS) is 1. The summed E-state index contributed by atoms with van der Waals surface area (Å²) in [6, 6.07) is 14.3. The third-order valence-corrected chi connectivity index (χ3v) is 5.90. The molecule has 0 radical (unpaired) electrons. The highest BCUT2D eigenvalue weighted by atomic mass is 19.1. The Balaban J connectivity index is 2.05. The number of hydrogen-bond donors (Lipinski definition) is 1. The lowest BCUT2D eigenvalue weighted by Crippen LogP contribution is -2.30. The number of halogens is 1. The standard InChI is InChI=1S/C27H33FO3/c1-6-23(25(29)30)31-22-13-9-19(10-14-22)24(18-7-11-21(28)12-8-18)20-15-26(2,3)17-27(4,5)16-20/h7-14,23H,6,15-17H2,1-5H3,(H,29,30). The molecule has 0 amide bonds. The first-order valence-corrected chi connectivity index (χ1v) is 11.0. The van der Waals surface area contributed by atoms with E-state index in [0.29, 0.717) is 12.2 Å². The van der Waals surface area contributed by atoms with E-state index < -0.39 is 12.1 Å². The van der Waals surface area contributed by atoms with Crippen LogP contribution in [0.2, 0.25) is 0 Å². The Morgan fingerprint density at radius 1 is 0.968 bits per heavy atom. The quantitative estimate of drug-likeness (QED) is 0.538. The van der Waals surface area contributed by atoms with Crippen molar-refractivity contribution in [3.8, 4) is 5.75 Å². The van der Waals surface area contributed by atoms with Gasteiger partial charge < -0.3 is 9.84 Å². The largest absolute Gasteiger partial charge is 0.479 e. The third kappa shape index (κ3) is 5.75. The van der Waals surface area contributed by atoms with E-state index in [-0.39, 0.29) is 16.6 Å². The number of carbonyl (C=O) groups is 1. The minimum absolute atomic E-state index is 0.182. The van der Waals surface area contributed by atoms with Gasteiger partial charge in [0.25, 0.3) is 0 Å². The average Bonchev–Trinajstić information content (AvgIpc) is 2.66. The molecular weight excluding hydrogens is 391 g/mol. The summed E-state index contributed by atoms with van der Waals surface area (Å²) >= 11 is 0. The van der Waals surface area contributed by atoms with Crippen LogP contribution in [0, 0.1) is 16.6 Å². The summed E-state index contributed by atoms with van der Waals surface area (Å²) in [6.07, 6.45) is 2.66. The van der Waals surface area contributed by atoms with Gasteiger partial charge in [0.05, 0.1) is 0 Å². The Hall–Kier alpha value is -2.62. The van der Waals surface area contributed by atoms with E-state index in [1.54, 1.807) is 6.92 Å². The summed E-state index contributed by atoms with van der Waals surface area (Å²) in [6.45, 7) is 11.0. The van der Waals surface area contributed by atoms with Crippen LogP contribution >= 0.6 is 0 Å². The van der Waals surface area contributed by atoms with Crippen LogP contribution in [0.15, 0.2) is 54.1 Å². The highest BCUT2D eigenvalue weighted by molar-refractivity contribution is 5.82. The van der Waals surface area contributed by atoms with Crippen LogP contribution in [-0.4, -0.2) is 17.2 Å². The molecule has 0 saturated heterocycles. The molecule has 1 saturated carbocycles. The summed E-state index contributed by atoms with van der Waals surface area (Å²) in [7, 11) is 0. The summed E-state index contributed by atoms with van der Waals surface area (Å²) in [4.78, 5) is 11.3. The number of benzene rings is 2. The fourth-order valence-electron chi connectivity index (χ4n) is 5.18. The maximum absolute atomic E-state index is 13.6. The van der Waals surface area contributed by atoms with Crippen LogP contribution in [0.1, 0.15) is 71.4 Å². The Morgan fingerprint density at radius 3 is 1.90 bits per heavy atom. The van der Waals surface area contributed by atoms with Gasteiger partial charge in [0.2, 0.25) is 0 Å². The maximum Gasteiger partial charge on any atom is 0.344 e. The van der Waals surface area contributed by atoms with E-state index in [1.165, 1.54) is 17.7 Å². The van der Waals surface area contributed by atoms with E-state index in [0.717, 1.165) is 36.0 Å². The Kier molecular flexibility index (Phi) is 6.59. The predicted molar refractivity (Wildman–Crippen MR) is 123 cm³/mol. The maximum atomic E-state index is 13.6. The molecule has 1 N–H and O–H groups in total. The van der Waals surface area contributed by atoms with Gasteiger partial charge >= 0.3 is 5.97 Å². The van der Waals surface area contributed by atoms with Gasteiger partial charge in [-0.2, -0.15) is 0 Å². The molecule has 0 aromatic heterocycles. The molecule has 1 aliphatic carbocycles. The SMILES string of the molecule is CCC(Oc1ccc(C(=C2CC(C)(C)CC(C)(C)C2)c2ccc(F)cc2)cc1)C(=O)O. The topological polar surface area (TPSA) is 46.5 Å². The van der Waals surface area contributed by atoms with Crippen molar-refractivity contribution in [2.45, 2.75) is 66.4 Å². The van der Waals surface area contributed by atoms with Gasteiger partial charge in [-0.05, 0) is 77.5 Å². The number of hydrogen-bond acceptors (Lipinski definition) is 2. The van der Waals surface area contributed by atoms with Gasteiger partial charge in [-0.15, -0.1) is 0 Å². The van der Waals surface area contributed by atoms with Gasteiger partial charge in [0.1, 0.15) is 11.6 Å². The zero-order valence-corrected chi connectivity index (χ0v) is 19.2. The molecule has 3 nitrogen and oxygen atoms in total. The van der Waals surface area contributed by atoms with Crippen LogP contribution in [0.5, 0.6) is 5.75 Å². The first kappa shape index (κ1) is 23.1. The van der Waals surface area contributed by atoms with Gasteiger partial charge in [-0.25, -0.2) is 9.18 Å². The predicted octanol–water partition coefficient (Wildman–Crippen LogP) is 7.11. The Bertz CT molecular complexity index is 935. The van der Waals surface area contributed by atoms with Crippen LogP contribution in [0.3, 0.4) is 0 Å².